The Hall–Kier alpha value is -3.64. The highest BCUT2D eigenvalue weighted by molar-refractivity contribution is 5.86. The summed E-state index contributed by atoms with van der Waals surface area (Å²) >= 11 is 0. The molecule has 0 aliphatic carbocycles. The number of carboxylic acid groups (broad SMARTS) is 3. The van der Waals surface area contributed by atoms with Gasteiger partial charge in [0.2, 0.25) is 0 Å². The molecule has 0 saturated carbocycles. The van der Waals surface area contributed by atoms with Crippen LogP contribution in [0.2, 0.25) is 0 Å². The van der Waals surface area contributed by atoms with Crippen molar-refractivity contribution >= 4 is 29.6 Å². The van der Waals surface area contributed by atoms with Gasteiger partial charge >= 0.3 is 23.9 Å². The summed E-state index contributed by atoms with van der Waals surface area (Å²) in [5.74, 6) is -4.03. The monoisotopic (exact) mass is 473 g/mol. The van der Waals surface area contributed by atoms with Crippen LogP contribution in [0.5, 0.6) is 5.75 Å². The van der Waals surface area contributed by atoms with Crippen LogP contribution < -0.4 is 31.5 Å². The molecule has 0 spiro atoms. The second kappa shape index (κ2) is 15.2. The minimum atomic E-state index is -1.48. The predicted molar refractivity (Wildman–Crippen MR) is 118 cm³/mol. The highest BCUT2D eigenvalue weighted by atomic mass is 16.5. The fourth-order valence-corrected chi connectivity index (χ4v) is 2.64. The van der Waals surface area contributed by atoms with Crippen LogP contribution in [0.25, 0.3) is 0 Å². The number of hydrogen-bond acceptors (Lipinski definition) is 8. The van der Waals surface area contributed by atoms with Crippen LogP contribution in [0, 0.1) is 0 Å². The molecular formula is C20H31N3O10. The van der Waals surface area contributed by atoms with Gasteiger partial charge in [-0.15, -0.1) is 0 Å². The number of rotatable bonds is 15. The van der Waals surface area contributed by atoms with E-state index in [1.807, 2.05) is 19.2 Å². The minimum absolute atomic E-state index is 0.0154. The molecule has 0 radical (unpaired) electrons. The van der Waals surface area contributed by atoms with Gasteiger partial charge in [0.15, 0.2) is 5.75 Å². The van der Waals surface area contributed by atoms with E-state index in [0.29, 0.717) is 12.8 Å². The van der Waals surface area contributed by atoms with E-state index in [0.717, 1.165) is 0 Å². The second-order valence-electron chi connectivity index (χ2n) is 6.55. The molecule has 1 rings (SSSR count). The normalized spacial score (nSPS) is 12.0. The lowest BCUT2D eigenvalue weighted by Gasteiger charge is -2.18. The number of carbonyl (C=O) groups excluding carboxylic acids is 1. The standard InChI is InChI=1S/C18H25N3O10.C2H6/c1-2-31-15-12(13(24)14(15)25)19-8-4-3-5-9(16(26)27)20-18(30)21-10(17(28)29)6-7-11(22)23;1-2/h9-10,19H,2-8H2,1H3,(H,22,23)(H,26,27)(H,28,29)(H2,20,21,30);1-2H3. The van der Waals surface area contributed by atoms with Gasteiger partial charge in [0.05, 0.1) is 6.61 Å². The third-order valence-corrected chi connectivity index (χ3v) is 4.23. The van der Waals surface area contributed by atoms with Gasteiger partial charge in [0.1, 0.15) is 17.8 Å². The Labute approximate surface area is 189 Å². The van der Waals surface area contributed by atoms with E-state index in [1.165, 1.54) is 0 Å². The Bertz CT molecular complexity index is 876. The van der Waals surface area contributed by atoms with Crippen LogP contribution in [-0.4, -0.2) is 64.5 Å². The summed E-state index contributed by atoms with van der Waals surface area (Å²) < 4.78 is 5.06. The number of nitrogens with one attached hydrogen (secondary N) is 3. The molecule has 13 heteroatoms. The molecule has 0 fully saturated rings. The molecule has 1 aromatic rings. The first kappa shape index (κ1) is 29.4. The van der Waals surface area contributed by atoms with Crippen LogP contribution in [0.4, 0.5) is 10.5 Å². The van der Waals surface area contributed by atoms with Crippen LogP contribution >= 0.6 is 0 Å². The molecule has 186 valence electrons. The molecule has 0 aromatic heterocycles. The molecule has 0 aliphatic rings. The number of amides is 2. The van der Waals surface area contributed by atoms with Crippen molar-refractivity contribution in [3.8, 4) is 5.75 Å². The molecular weight excluding hydrogens is 442 g/mol. The van der Waals surface area contributed by atoms with Gasteiger partial charge < -0.3 is 36.0 Å². The van der Waals surface area contributed by atoms with Crippen molar-refractivity contribution in [1.29, 1.82) is 0 Å². The molecule has 2 unspecified atom stereocenters. The van der Waals surface area contributed by atoms with Crippen molar-refractivity contribution in [2.24, 2.45) is 0 Å². The van der Waals surface area contributed by atoms with Crippen molar-refractivity contribution in [2.75, 3.05) is 18.5 Å². The van der Waals surface area contributed by atoms with E-state index < -0.39 is 53.3 Å². The first-order valence-corrected chi connectivity index (χ1v) is 10.5. The highest BCUT2D eigenvalue weighted by Gasteiger charge is 2.25. The van der Waals surface area contributed by atoms with Crippen molar-refractivity contribution in [3.63, 3.8) is 0 Å². The van der Waals surface area contributed by atoms with Gasteiger partial charge in [-0.25, -0.2) is 14.4 Å². The average Bonchev–Trinajstić information content (AvgIpc) is 2.77. The topological polar surface area (TPSA) is 208 Å². The van der Waals surface area contributed by atoms with E-state index in [1.54, 1.807) is 6.92 Å². The van der Waals surface area contributed by atoms with Gasteiger partial charge in [-0.1, -0.05) is 13.8 Å². The van der Waals surface area contributed by atoms with Crippen LogP contribution in [-0.2, 0) is 14.4 Å². The van der Waals surface area contributed by atoms with Crippen molar-refractivity contribution in [1.82, 2.24) is 10.6 Å². The van der Waals surface area contributed by atoms with Crippen molar-refractivity contribution in [3.05, 3.63) is 20.4 Å². The van der Waals surface area contributed by atoms with E-state index >= 15 is 0 Å². The zero-order chi connectivity index (χ0) is 25.6. The van der Waals surface area contributed by atoms with Crippen LogP contribution in [0.15, 0.2) is 9.59 Å². The summed E-state index contributed by atoms with van der Waals surface area (Å²) in [5.41, 5.74) is -1.30. The quantitative estimate of drug-likeness (QED) is 0.151. The molecule has 1 aromatic carbocycles. The smallest absolute Gasteiger partial charge is 0.326 e. The maximum Gasteiger partial charge on any atom is 0.326 e. The molecule has 2 atom stereocenters. The third kappa shape index (κ3) is 10.0. The number of ether oxygens (including phenoxy) is 1. The zero-order valence-electron chi connectivity index (χ0n) is 18.8. The summed E-state index contributed by atoms with van der Waals surface area (Å²) in [5, 5.41) is 33.8. The number of anilines is 1. The molecule has 0 saturated heterocycles. The number of unbranched alkanes of at least 4 members (excludes halogenated alkanes) is 1. The summed E-state index contributed by atoms with van der Waals surface area (Å²) in [6.07, 6.45) is -0.0924. The Morgan fingerprint density at radius 1 is 0.879 bits per heavy atom. The molecule has 33 heavy (non-hydrogen) atoms. The van der Waals surface area contributed by atoms with E-state index in [-0.39, 0.29) is 37.4 Å². The SMILES string of the molecule is CC.CCOc1c(NCCCCC(NC(=O)NC(CCC(=O)O)C(=O)O)C(=O)O)c(=O)c1=O. The van der Waals surface area contributed by atoms with Crippen molar-refractivity contribution in [2.45, 2.75) is 65.0 Å². The second-order valence-corrected chi connectivity index (χ2v) is 6.55. The maximum absolute atomic E-state index is 11.9. The van der Waals surface area contributed by atoms with Crippen LogP contribution in [0.3, 0.4) is 0 Å². The molecule has 0 bridgehead atoms. The van der Waals surface area contributed by atoms with Gasteiger partial charge in [-0.3, -0.25) is 14.4 Å². The van der Waals surface area contributed by atoms with Gasteiger partial charge in [0, 0.05) is 13.0 Å². The Morgan fingerprint density at radius 3 is 1.91 bits per heavy atom. The van der Waals surface area contributed by atoms with Gasteiger partial charge in [-0.05, 0) is 32.6 Å². The Balaban J connectivity index is 0.00000497. The molecule has 6 N–H and O–H groups in total. The van der Waals surface area contributed by atoms with Gasteiger partial charge in [-0.2, -0.15) is 0 Å². The van der Waals surface area contributed by atoms with E-state index in [4.69, 9.17) is 14.9 Å². The van der Waals surface area contributed by atoms with E-state index in [9.17, 15) is 33.9 Å². The molecule has 2 amide bonds. The largest absolute Gasteiger partial charge is 0.488 e. The Morgan fingerprint density at radius 2 is 1.42 bits per heavy atom. The lowest BCUT2D eigenvalue weighted by atomic mass is 10.1. The minimum Gasteiger partial charge on any atom is -0.488 e. The Kier molecular flexibility index (Phi) is 13.5. The fourth-order valence-electron chi connectivity index (χ4n) is 2.64. The number of urea groups is 1. The highest BCUT2D eigenvalue weighted by Crippen LogP contribution is 2.17. The number of carbonyl (C=O) groups is 4. The molecule has 13 nitrogen and oxygen atoms in total. The zero-order valence-corrected chi connectivity index (χ0v) is 18.8. The summed E-state index contributed by atoms with van der Waals surface area (Å²) in [6.45, 7) is 6.16. The van der Waals surface area contributed by atoms with Crippen molar-refractivity contribution < 1.29 is 39.2 Å². The maximum atomic E-state index is 11.9. The molecule has 0 heterocycles. The molecule has 0 aliphatic heterocycles. The predicted octanol–water partition coefficient (Wildman–Crippen LogP) is 0.360. The first-order chi connectivity index (χ1) is 15.6. The first-order valence-electron chi connectivity index (χ1n) is 10.5. The summed E-state index contributed by atoms with van der Waals surface area (Å²) in [6, 6.07) is -3.84. The van der Waals surface area contributed by atoms with E-state index in [2.05, 4.69) is 10.6 Å². The number of carboxylic acids is 3. The number of hydrogen-bond donors (Lipinski definition) is 6. The lowest BCUT2D eigenvalue weighted by Crippen LogP contribution is -2.51. The van der Waals surface area contributed by atoms with Crippen LogP contribution in [0.1, 0.15) is 52.9 Å². The third-order valence-electron chi connectivity index (χ3n) is 4.23. The average molecular weight is 473 g/mol. The lowest BCUT2D eigenvalue weighted by molar-refractivity contribution is -0.140. The summed E-state index contributed by atoms with van der Waals surface area (Å²) in [4.78, 5) is 67.7. The van der Waals surface area contributed by atoms with Gasteiger partial charge in [0.25, 0.3) is 10.9 Å². The fraction of sp³-hybridized carbons (Fsp3) is 0.600. The summed E-state index contributed by atoms with van der Waals surface area (Å²) in [7, 11) is 0. The number of aliphatic carboxylic acids is 3.